The van der Waals surface area contributed by atoms with Crippen molar-refractivity contribution < 1.29 is 4.39 Å². The second kappa shape index (κ2) is 4.54. The summed E-state index contributed by atoms with van der Waals surface area (Å²) in [5, 5.41) is 8.83. The van der Waals surface area contributed by atoms with Gasteiger partial charge in [0.1, 0.15) is 11.9 Å². The van der Waals surface area contributed by atoms with Crippen LogP contribution in [0.5, 0.6) is 0 Å². The third kappa shape index (κ3) is 2.06. The molecule has 3 aromatic rings. The quantitative estimate of drug-likeness (QED) is 0.702. The molecule has 0 radical (unpaired) electrons. The minimum absolute atomic E-state index is 0.0712. The highest BCUT2D eigenvalue weighted by Crippen LogP contribution is 2.15. The topological polar surface area (TPSA) is 41.6 Å². The van der Waals surface area contributed by atoms with Crippen molar-refractivity contribution in [3.8, 4) is 6.07 Å². The normalized spacial score (nSPS) is 10.5. The summed E-state index contributed by atoms with van der Waals surface area (Å²) in [6, 6.07) is 14.2. The van der Waals surface area contributed by atoms with E-state index in [4.69, 9.17) is 5.26 Å². The smallest absolute Gasteiger partial charge is 0.140 e. The summed E-state index contributed by atoms with van der Waals surface area (Å²) in [7, 11) is 0. The van der Waals surface area contributed by atoms with E-state index in [0.29, 0.717) is 6.54 Å². The first kappa shape index (κ1) is 11.4. The maximum absolute atomic E-state index is 13.3. The van der Waals surface area contributed by atoms with Gasteiger partial charge in [0.05, 0.1) is 22.9 Å². The predicted molar refractivity (Wildman–Crippen MR) is 70.0 cm³/mol. The Balaban J connectivity index is 2.00. The minimum Gasteiger partial charge on any atom is -0.326 e. The van der Waals surface area contributed by atoms with Gasteiger partial charge in [0.25, 0.3) is 0 Å². The summed E-state index contributed by atoms with van der Waals surface area (Å²) in [6.07, 6.45) is 1.75. The van der Waals surface area contributed by atoms with Gasteiger partial charge in [-0.2, -0.15) is 5.26 Å². The molecule has 0 aliphatic rings. The summed E-state index contributed by atoms with van der Waals surface area (Å²) in [4.78, 5) is 4.30. The molecule has 0 atom stereocenters. The van der Waals surface area contributed by atoms with Crippen molar-refractivity contribution in [3.63, 3.8) is 0 Å². The Morgan fingerprint density at radius 2 is 2.05 bits per heavy atom. The zero-order chi connectivity index (χ0) is 13.2. The molecule has 92 valence electrons. The first-order valence-corrected chi connectivity index (χ1v) is 5.86. The second-order valence-electron chi connectivity index (χ2n) is 4.29. The monoisotopic (exact) mass is 251 g/mol. The van der Waals surface area contributed by atoms with Gasteiger partial charge < -0.3 is 4.57 Å². The molecule has 0 bridgehead atoms. The van der Waals surface area contributed by atoms with Gasteiger partial charge in [-0.25, -0.2) is 9.37 Å². The Kier molecular flexibility index (Phi) is 2.73. The van der Waals surface area contributed by atoms with E-state index in [0.717, 1.165) is 16.6 Å². The number of nitrogens with zero attached hydrogens (tertiary/aromatic N) is 3. The lowest BCUT2D eigenvalue weighted by Crippen LogP contribution is -1.99. The molecule has 1 aromatic heterocycles. The van der Waals surface area contributed by atoms with E-state index >= 15 is 0 Å². The van der Waals surface area contributed by atoms with E-state index in [1.807, 2.05) is 34.9 Å². The maximum Gasteiger partial charge on any atom is 0.140 e. The zero-order valence-electron chi connectivity index (χ0n) is 10.0. The number of para-hydroxylation sites is 2. The fraction of sp³-hybridized carbons (Fsp3) is 0.0667. The van der Waals surface area contributed by atoms with E-state index in [2.05, 4.69) is 4.98 Å². The van der Waals surface area contributed by atoms with Gasteiger partial charge in [-0.15, -0.1) is 0 Å². The number of halogens is 1. The van der Waals surface area contributed by atoms with Crippen LogP contribution in [0.3, 0.4) is 0 Å². The van der Waals surface area contributed by atoms with Crippen molar-refractivity contribution in [1.29, 1.82) is 5.26 Å². The maximum atomic E-state index is 13.3. The van der Waals surface area contributed by atoms with Crippen molar-refractivity contribution in [3.05, 3.63) is 65.7 Å². The SMILES string of the molecule is N#Cc1cc(Cn2cnc3ccccc32)ccc1F. The average molecular weight is 251 g/mol. The number of benzene rings is 2. The van der Waals surface area contributed by atoms with Crippen LogP contribution in [0.1, 0.15) is 11.1 Å². The highest BCUT2D eigenvalue weighted by Gasteiger charge is 2.05. The Morgan fingerprint density at radius 1 is 1.21 bits per heavy atom. The van der Waals surface area contributed by atoms with E-state index in [9.17, 15) is 4.39 Å². The molecule has 2 aromatic carbocycles. The molecule has 0 aliphatic carbocycles. The summed E-state index contributed by atoms with van der Waals surface area (Å²) in [5.74, 6) is -0.485. The van der Waals surface area contributed by atoms with E-state index < -0.39 is 5.82 Å². The molecule has 0 fully saturated rings. The molecule has 0 saturated carbocycles. The number of rotatable bonds is 2. The highest BCUT2D eigenvalue weighted by atomic mass is 19.1. The van der Waals surface area contributed by atoms with Crippen LogP contribution in [0.4, 0.5) is 4.39 Å². The summed E-state index contributed by atoms with van der Waals surface area (Å²) in [5.41, 5.74) is 2.89. The van der Waals surface area contributed by atoms with E-state index in [-0.39, 0.29) is 5.56 Å². The van der Waals surface area contributed by atoms with Crippen LogP contribution in [0, 0.1) is 17.1 Å². The fourth-order valence-corrected chi connectivity index (χ4v) is 2.09. The van der Waals surface area contributed by atoms with Crippen molar-refractivity contribution in [2.45, 2.75) is 6.54 Å². The van der Waals surface area contributed by atoms with Gasteiger partial charge >= 0.3 is 0 Å². The number of imidazole rings is 1. The molecule has 0 aliphatic heterocycles. The van der Waals surface area contributed by atoms with Crippen LogP contribution in [-0.4, -0.2) is 9.55 Å². The highest BCUT2D eigenvalue weighted by molar-refractivity contribution is 5.75. The molecule has 0 spiro atoms. The lowest BCUT2D eigenvalue weighted by atomic mass is 10.1. The first-order chi connectivity index (χ1) is 9.28. The molecule has 3 rings (SSSR count). The molecular formula is C15H10FN3. The molecule has 0 saturated heterocycles. The third-order valence-electron chi connectivity index (χ3n) is 3.03. The van der Waals surface area contributed by atoms with Gasteiger partial charge in [0.2, 0.25) is 0 Å². The molecule has 4 heteroatoms. The summed E-state index contributed by atoms with van der Waals surface area (Å²) in [6.45, 7) is 0.565. The zero-order valence-corrected chi connectivity index (χ0v) is 10.0. The number of fused-ring (bicyclic) bond motifs is 1. The third-order valence-corrected chi connectivity index (χ3v) is 3.03. The second-order valence-corrected chi connectivity index (χ2v) is 4.29. The molecule has 0 unspecified atom stereocenters. The van der Waals surface area contributed by atoms with Crippen molar-refractivity contribution >= 4 is 11.0 Å². The number of aromatic nitrogens is 2. The largest absolute Gasteiger partial charge is 0.326 e. The summed E-state index contributed by atoms with van der Waals surface area (Å²) < 4.78 is 15.2. The van der Waals surface area contributed by atoms with Gasteiger partial charge in [-0.3, -0.25) is 0 Å². The van der Waals surface area contributed by atoms with Crippen molar-refractivity contribution in [1.82, 2.24) is 9.55 Å². The van der Waals surface area contributed by atoms with Crippen LogP contribution in [0.2, 0.25) is 0 Å². The molecule has 3 nitrogen and oxygen atoms in total. The Hall–Kier alpha value is -2.67. The van der Waals surface area contributed by atoms with Gasteiger partial charge in [0.15, 0.2) is 0 Å². The van der Waals surface area contributed by atoms with Crippen molar-refractivity contribution in [2.24, 2.45) is 0 Å². The molecule has 0 N–H and O–H groups in total. The summed E-state index contributed by atoms with van der Waals surface area (Å²) >= 11 is 0. The van der Waals surface area contributed by atoms with Crippen LogP contribution in [0.25, 0.3) is 11.0 Å². The standard InChI is InChI=1S/C15H10FN3/c16-13-6-5-11(7-12(13)8-17)9-19-10-18-14-3-1-2-4-15(14)19/h1-7,10H,9H2. The molecule has 19 heavy (non-hydrogen) atoms. The van der Waals surface area contributed by atoms with E-state index in [1.54, 1.807) is 18.5 Å². The Labute approximate surface area is 109 Å². The molecular weight excluding hydrogens is 241 g/mol. The van der Waals surface area contributed by atoms with Crippen LogP contribution in [-0.2, 0) is 6.54 Å². The molecule has 1 heterocycles. The number of hydrogen-bond acceptors (Lipinski definition) is 2. The van der Waals surface area contributed by atoms with Crippen LogP contribution >= 0.6 is 0 Å². The lowest BCUT2D eigenvalue weighted by molar-refractivity contribution is 0.622. The van der Waals surface area contributed by atoms with Gasteiger partial charge in [-0.05, 0) is 29.8 Å². The first-order valence-electron chi connectivity index (χ1n) is 5.86. The predicted octanol–water partition coefficient (Wildman–Crippen LogP) is 3.10. The lowest BCUT2D eigenvalue weighted by Gasteiger charge is -2.05. The number of nitriles is 1. The number of hydrogen-bond donors (Lipinski definition) is 0. The molecule has 0 amide bonds. The van der Waals surface area contributed by atoms with Crippen LogP contribution < -0.4 is 0 Å². The van der Waals surface area contributed by atoms with Crippen LogP contribution in [0.15, 0.2) is 48.8 Å². The van der Waals surface area contributed by atoms with Crippen molar-refractivity contribution in [2.75, 3.05) is 0 Å². The Morgan fingerprint density at radius 3 is 2.89 bits per heavy atom. The van der Waals surface area contributed by atoms with Gasteiger partial charge in [-0.1, -0.05) is 18.2 Å². The minimum atomic E-state index is -0.485. The van der Waals surface area contributed by atoms with E-state index in [1.165, 1.54) is 6.07 Å². The Bertz CT molecular complexity index is 783. The fourth-order valence-electron chi connectivity index (χ4n) is 2.09. The average Bonchev–Trinajstić information content (AvgIpc) is 2.84. The van der Waals surface area contributed by atoms with Gasteiger partial charge in [0, 0.05) is 6.54 Å².